The summed E-state index contributed by atoms with van der Waals surface area (Å²) in [4.78, 5) is 65.3. The lowest BCUT2D eigenvalue weighted by Crippen LogP contribution is -2.44. The third-order valence-corrected chi connectivity index (χ3v) is 10.8. The SMILES string of the molecule is CC(C)(C)[C@H](c1cc(-c2cc(F)ccc2F)cn1Cc1ccccc1)N(CCCN)C(=O)CSC[C@@H](CO)NC(=O)CCNC(=O)CCCCCN1C(=O)C=CC1=O. The van der Waals surface area contributed by atoms with E-state index in [-0.39, 0.29) is 72.6 Å². The Labute approximate surface area is 343 Å². The molecule has 0 spiro atoms. The molecule has 2 atom stereocenters. The minimum Gasteiger partial charge on any atom is -0.394 e. The van der Waals surface area contributed by atoms with Gasteiger partial charge in [-0.05, 0) is 61.1 Å². The van der Waals surface area contributed by atoms with Gasteiger partial charge in [0.25, 0.3) is 11.8 Å². The second-order valence-electron chi connectivity index (χ2n) is 15.4. The van der Waals surface area contributed by atoms with E-state index >= 15 is 4.39 Å². The van der Waals surface area contributed by atoms with Crippen LogP contribution in [0.2, 0.25) is 0 Å². The van der Waals surface area contributed by atoms with Gasteiger partial charge in [-0.3, -0.25) is 28.9 Å². The van der Waals surface area contributed by atoms with Crippen LogP contribution in [-0.4, -0.2) is 99.3 Å². The van der Waals surface area contributed by atoms with Crippen molar-refractivity contribution in [1.82, 2.24) is 25.0 Å². The van der Waals surface area contributed by atoms with Crippen molar-refractivity contribution in [3.05, 3.63) is 95.8 Å². The molecular formula is C43H56F2N6O6S. The Morgan fingerprint density at radius 3 is 2.33 bits per heavy atom. The molecule has 1 aliphatic rings. The molecule has 0 fully saturated rings. The smallest absolute Gasteiger partial charge is 0.253 e. The number of thioether (sulfide) groups is 1. The van der Waals surface area contributed by atoms with Crippen molar-refractivity contribution in [1.29, 1.82) is 0 Å². The zero-order valence-electron chi connectivity index (χ0n) is 33.6. The fraction of sp³-hybridized carbons (Fsp3) is 0.465. The van der Waals surface area contributed by atoms with Gasteiger partial charge < -0.3 is 30.9 Å². The zero-order chi connectivity index (χ0) is 42.2. The highest BCUT2D eigenvalue weighted by Crippen LogP contribution is 2.41. The van der Waals surface area contributed by atoms with Crippen LogP contribution in [0.4, 0.5) is 8.78 Å². The number of amides is 5. The van der Waals surface area contributed by atoms with Crippen LogP contribution in [0, 0.1) is 17.0 Å². The first-order valence-electron chi connectivity index (χ1n) is 19.7. The maximum absolute atomic E-state index is 15.1. The Morgan fingerprint density at radius 1 is 0.931 bits per heavy atom. The van der Waals surface area contributed by atoms with E-state index in [0.29, 0.717) is 57.4 Å². The molecule has 58 heavy (non-hydrogen) atoms. The zero-order valence-corrected chi connectivity index (χ0v) is 34.4. The van der Waals surface area contributed by atoms with Crippen molar-refractivity contribution in [2.24, 2.45) is 11.1 Å². The fourth-order valence-corrected chi connectivity index (χ4v) is 7.80. The van der Waals surface area contributed by atoms with Crippen LogP contribution in [0.1, 0.15) is 76.6 Å². The molecule has 15 heteroatoms. The number of aliphatic hydroxyl groups is 1. The van der Waals surface area contributed by atoms with E-state index < -0.39 is 29.1 Å². The van der Waals surface area contributed by atoms with Crippen LogP contribution >= 0.6 is 11.8 Å². The maximum Gasteiger partial charge on any atom is 0.253 e. The topological polar surface area (TPSA) is 167 Å². The number of nitrogens with two attached hydrogens (primary N) is 1. The van der Waals surface area contributed by atoms with Gasteiger partial charge >= 0.3 is 0 Å². The molecule has 0 radical (unpaired) electrons. The van der Waals surface area contributed by atoms with Crippen LogP contribution in [0.25, 0.3) is 11.1 Å². The van der Waals surface area contributed by atoms with Crippen molar-refractivity contribution in [2.75, 3.05) is 44.3 Å². The number of nitrogens with one attached hydrogen (secondary N) is 2. The summed E-state index contributed by atoms with van der Waals surface area (Å²) in [6, 6.07) is 13.8. The van der Waals surface area contributed by atoms with Gasteiger partial charge in [-0.1, -0.05) is 57.5 Å². The normalized spacial score (nSPS) is 13.8. The molecule has 5 N–H and O–H groups in total. The van der Waals surface area contributed by atoms with E-state index in [1.54, 1.807) is 11.1 Å². The van der Waals surface area contributed by atoms with E-state index in [4.69, 9.17) is 5.73 Å². The molecule has 0 aliphatic carbocycles. The van der Waals surface area contributed by atoms with Gasteiger partial charge in [-0.25, -0.2) is 8.78 Å². The highest BCUT2D eigenvalue weighted by atomic mass is 32.2. The van der Waals surface area contributed by atoms with Crippen molar-refractivity contribution in [3.8, 4) is 11.1 Å². The largest absolute Gasteiger partial charge is 0.394 e. The first-order chi connectivity index (χ1) is 27.7. The molecule has 2 heterocycles. The second-order valence-corrected chi connectivity index (χ2v) is 16.5. The number of hydrogen-bond acceptors (Lipinski definition) is 8. The molecule has 0 saturated carbocycles. The Bertz CT molecular complexity index is 1880. The van der Waals surface area contributed by atoms with E-state index in [0.717, 1.165) is 23.4 Å². The summed E-state index contributed by atoms with van der Waals surface area (Å²) in [5.41, 5.74) is 7.79. The van der Waals surface area contributed by atoms with Gasteiger partial charge in [0.1, 0.15) is 11.6 Å². The molecule has 1 aliphatic heterocycles. The fourth-order valence-electron chi connectivity index (χ4n) is 6.87. The number of hydrogen-bond donors (Lipinski definition) is 4. The number of carbonyl (C=O) groups excluding carboxylic acids is 5. The lowest BCUT2D eigenvalue weighted by molar-refractivity contribution is -0.137. The number of benzene rings is 2. The monoisotopic (exact) mass is 822 g/mol. The summed E-state index contributed by atoms with van der Waals surface area (Å²) >= 11 is 1.27. The Kier molecular flexibility index (Phi) is 17.6. The van der Waals surface area contributed by atoms with Gasteiger partial charge in [0.15, 0.2) is 0 Å². The number of aromatic nitrogens is 1. The molecule has 5 amide bonds. The van der Waals surface area contributed by atoms with Crippen LogP contribution in [0.15, 0.2) is 72.9 Å². The third-order valence-electron chi connectivity index (χ3n) is 9.69. The Morgan fingerprint density at radius 2 is 1.66 bits per heavy atom. The van der Waals surface area contributed by atoms with Gasteiger partial charge in [0.2, 0.25) is 17.7 Å². The van der Waals surface area contributed by atoms with Crippen molar-refractivity contribution >= 4 is 41.3 Å². The van der Waals surface area contributed by atoms with Crippen LogP contribution in [-0.2, 0) is 30.5 Å². The summed E-state index contributed by atoms with van der Waals surface area (Å²) < 4.78 is 31.5. The van der Waals surface area contributed by atoms with E-state index in [9.17, 15) is 33.5 Å². The highest BCUT2D eigenvalue weighted by molar-refractivity contribution is 8.00. The molecule has 0 bridgehead atoms. The summed E-state index contributed by atoms with van der Waals surface area (Å²) in [5, 5.41) is 15.5. The van der Waals surface area contributed by atoms with Crippen LogP contribution in [0.5, 0.6) is 0 Å². The molecule has 3 aromatic rings. The molecule has 2 aromatic carbocycles. The van der Waals surface area contributed by atoms with Crippen LogP contribution in [0.3, 0.4) is 0 Å². The van der Waals surface area contributed by atoms with E-state index in [1.165, 1.54) is 34.9 Å². The molecule has 0 saturated heterocycles. The van der Waals surface area contributed by atoms with Crippen LogP contribution < -0.4 is 16.4 Å². The number of carbonyl (C=O) groups is 5. The summed E-state index contributed by atoms with van der Waals surface area (Å²) in [6.45, 7) is 7.28. The van der Waals surface area contributed by atoms with E-state index in [2.05, 4.69) is 10.6 Å². The average Bonchev–Trinajstić information content (AvgIpc) is 3.73. The standard InChI is InChI=1S/C43H56F2N6O6S/c1-43(2,3)42(36-23-31(34-24-32(44)14-15-35(34)45)26-49(36)25-30-11-6-4-7-12-30)51(22-10-19-46)41(57)29-58-28-33(27-52)48-38(54)18-20-47-37(53)13-8-5-9-21-50-39(55)16-17-40(50)56/h4,6-7,11-12,14-17,23-24,26,33,42,52H,5,8-10,13,18-22,25,27-29,46H2,1-3H3,(H,47,53)(H,48,54)/t33-,42+/m1/s1. The predicted octanol–water partition coefficient (Wildman–Crippen LogP) is 4.95. The Balaban J connectivity index is 1.35. The third kappa shape index (κ3) is 13.6. The summed E-state index contributed by atoms with van der Waals surface area (Å²) in [6.07, 6.45) is 6.87. The molecule has 314 valence electrons. The molecule has 4 rings (SSSR count). The first-order valence-corrected chi connectivity index (χ1v) is 20.8. The van der Waals surface area contributed by atoms with Gasteiger partial charge in [-0.2, -0.15) is 0 Å². The molecule has 12 nitrogen and oxygen atoms in total. The number of aliphatic hydroxyl groups excluding tert-OH is 1. The Hall–Kier alpha value is -4.86. The number of imide groups is 1. The first kappa shape index (κ1) is 45.8. The lowest BCUT2D eigenvalue weighted by atomic mass is 9.83. The number of halogens is 2. The summed E-state index contributed by atoms with van der Waals surface area (Å²) in [7, 11) is 0. The highest BCUT2D eigenvalue weighted by Gasteiger charge is 2.37. The second kappa shape index (κ2) is 22.3. The number of nitrogens with zero attached hydrogens (tertiary/aromatic N) is 3. The molecule has 1 aromatic heterocycles. The van der Waals surface area contributed by atoms with Crippen molar-refractivity contribution < 1.29 is 37.9 Å². The maximum atomic E-state index is 15.1. The van der Waals surface area contributed by atoms with Crippen molar-refractivity contribution in [3.63, 3.8) is 0 Å². The van der Waals surface area contributed by atoms with Gasteiger partial charge in [0, 0.05) is 79.9 Å². The quantitative estimate of drug-likeness (QED) is 0.0771. The van der Waals surface area contributed by atoms with E-state index in [1.807, 2.05) is 61.7 Å². The average molecular weight is 823 g/mol. The van der Waals surface area contributed by atoms with Crippen molar-refractivity contribution in [2.45, 2.75) is 77.9 Å². The number of unbranched alkanes of at least 4 members (excludes halogenated alkanes) is 2. The minimum absolute atomic E-state index is 0.00227. The molecular weight excluding hydrogens is 767 g/mol. The number of rotatable bonds is 23. The predicted molar refractivity (Wildman–Crippen MR) is 221 cm³/mol. The lowest BCUT2D eigenvalue weighted by Gasteiger charge is -2.41. The molecule has 0 unspecified atom stereocenters. The van der Waals surface area contributed by atoms with Gasteiger partial charge in [0.05, 0.1) is 24.4 Å². The minimum atomic E-state index is -0.631. The van der Waals surface area contributed by atoms with Gasteiger partial charge in [-0.15, -0.1) is 11.8 Å². The summed E-state index contributed by atoms with van der Waals surface area (Å²) in [5.74, 6) is -2.22.